The van der Waals surface area contributed by atoms with Crippen molar-refractivity contribution in [3.05, 3.63) is 35.9 Å². The van der Waals surface area contributed by atoms with E-state index >= 15 is 0 Å². The molecule has 1 fully saturated rings. The molecule has 1 aromatic carbocycles. The average molecular weight is 342 g/mol. The third-order valence-electron chi connectivity index (χ3n) is 3.58. The molecule has 0 spiro atoms. The lowest BCUT2D eigenvalue weighted by Gasteiger charge is -2.33. The fourth-order valence-corrected chi connectivity index (χ4v) is 2.45. The summed E-state index contributed by atoms with van der Waals surface area (Å²) in [5, 5.41) is 3.57. The van der Waals surface area contributed by atoms with Crippen molar-refractivity contribution in [1.29, 1.82) is 0 Å². The number of terminal acetylenes is 2. The first-order valence-corrected chi connectivity index (χ1v) is 8.36. The van der Waals surface area contributed by atoms with Crippen molar-refractivity contribution in [3.8, 4) is 25.7 Å². The maximum Gasteiger partial charge on any atom is 0.410 e. The molecule has 136 valence electrons. The van der Waals surface area contributed by atoms with Gasteiger partial charge in [0.1, 0.15) is 5.60 Å². The first-order chi connectivity index (χ1) is 11.9. The molecule has 1 amide bonds. The number of nitrogens with one attached hydrogen (secondary N) is 1. The van der Waals surface area contributed by atoms with E-state index in [9.17, 15) is 4.79 Å². The van der Waals surface area contributed by atoms with E-state index in [-0.39, 0.29) is 6.09 Å². The van der Waals surface area contributed by atoms with Crippen molar-refractivity contribution in [2.24, 2.45) is 0 Å². The van der Waals surface area contributed by atoms with Crippen LogP contribution in [0.5, 0.6) is 0 Å². The van der Waals surface area contributed by atoms with Gasteiger partial charge in [0.2, 0.25) is 0 Å². The predicted octanol–water partition coefficient (Wildman–Crippen LogP) is 3.67. The molecule has 0 bridgehead atoms. The van der Waals surface area contributed by atoms with Crippen LogP contribution in [-0.2, 0) is 11.3 Å². The van der Waals surface area contributed by atoms with Gasteiger partial charge in [-0.3, -0.25) is 0 Å². The first-order valence-electron chi connectivity index (χ1n) is 8.36. The number of carbonyl (C=O) groups is 1. The summed E-state index contributed by atoms with van der Waals surface area (Å²) in [5.74, 6) is 0. The Morgan fingerprint density at radius 2 is 1.64 bits per heavy atom. The highest BCUT2D eigenvalue weighted by molar-refractivity contribution is 5.68. The summed E-state index contributed by atoms with van der Waals surface area (Å²) in [6.45, 7) is 8.12. The van der Waals surface area contributed by atoms with Crippen LogP contribution in [0.25, 0.3) is 0 Å². The molecule has 1 N–H and O–H groups in total. The number of hydrogen-bond acceptors (Lipinski definition) is 3. The second-order valence-electron chi connectivity index (χ2n) is 6.61. The number of benzene rings is 1. The highest BCUT2D eigenvalue weighted by atomic mass is 16.6. The lowest BCUT2D eigenvalue weighted by molar-refractivity contribution is 0.0198. The smallest absolute Gasteiger partial charge is 0.410 e. The standard InChI is InChI=1S/C17H26N2O2.2C2H2/c1-17(2,3)21-16(20)19-11-9-15(10-12-19)18-13-14-7-5-4-6-8-14;2*1-2/h4-8,15,18H,9-13H2,1-3H3;2*1-2H. The molecular weight excluding hydrogens is 312 g/mol. The zero-order chi connectivity index (χ0) is 19.3. The summed E-state index contributed by atoms with van der Waals surface area (Å²) in [6.07, 6.45) is 17.8. The number of carbonyl (C=O) groups excluding carboxylic acids is 1. The van der Waals surface area contributed by atoms with Gasteiger partial charge < -0.3 is 15.0 Å². The SMILES string of the molecule is C#C.C#C.CC(C)(C)OC(=O)N1CCC(NCc2ccccc2)CC1. The quantitative estimate of drug-likeness (QED) is 0.852. The minimum Gasteiger partial charge on any atom is -0.444 e. The molecule has 4 nitrogen and oxygen atoms in total. The van der Waals surface area contributed by atoms with Gasteiger partial charge in [0.25, 0.3) is 0 Å². The van der Waals surface area contributed by atoms with Crippen molar-refractivity contribution < 1.29 is 9.53 Å². The monoisotopic (exact) mass is 342 g/mol. The van der Waals surface area contributed by atoms with E-state index in [1.165, 1.54) is 5.56 Å². The molecule has 1 heterocycles. The van der Waals surface area contributed by atoms with E-state index in [2.05, 4.69) is 55.3 Å². The van der Waals surface area contributed by atoms with Crippen LogP contribution in [-0.4, -0.2) is 35.7 Å². The Morgan fingerprint density at radius 3 is 2.12 bits per heavy atom. The molecule has 1 aliphatic heterocycles. The summed E-state index contributed by atoms with van der Waals surface area (Å²) >= 11 is 0. The fourth-order valence-electron chi connectivity index (χ4n) is 2.45. The van der Waals surface area contributed by atoms with E-state index in [0.717, 1.165) is 32.5 Å². The van der Waals surface area contributed by atoms with E-state index in [1.807, 2.05) is 31.7 Å². The van der Waals surface area contributed by atoms with Crippen LogP contribution in [0.15, 0.2) is 30.3 Å². The van der Waals surface area contributed by atoms with Gasteiger partial charge in [-0.15, -0.1) is 25.7 Å². The summed E-state index contributed by atoms with van der Waals surface area (Å²) < 4.78 is 5.41. The molecule has 2 rings (SSSR count). The third-order valence-corrected chi connectivity index (χ3v) is 3.58. The molecule has 1 aliphatic rings. The van der Waals surface area contributed by atoms with Gasteiger partial charge in [0.05, 0.1) is 0 Å². The minimum absolute atomic E-state index is 0.191. The predicted molar refractivity (Wildman–Crippen MR) is 104 cm³/mol. The van der Waals surface area contributed by atoms with Crippen molar-refractivity contribution in [2.45, 2.75) is 51.8 Å². The summed E-state index contributed by atoms with van der Waals surface area (Å²) in [5.41, 5.74) is 0.881. The number of hydrogen-bond donors (Lipinski definition) is 1. The van der Waals surface area contributed by atoms with Gasteiger partial charge in [0.15, 0.2) is 0 Å². The van der Waals surface area contributed by atoms with Crippen LogP contribution in [0.2, 0.25) is 0 Å². The topological polar surface area (TPSA) is 41.6 Å². The van der Waals surface area contributed by atoms with Crippen LogP contribution in [0, 0.1) is 25.7 Å². The van der Waals surface area contributed by atoms with E-state index in [4.69, 9.17) is 4.74 Å². The van der Waals surface area contributed by atoms with E-state index in [0.29, 0.717) is 6.04 Å². The Bertz CT molecular complexity index is 515. The van der Waals surface area contributed by atoms with Crippen molar-refractivity contribution in [1.82, 2.24) is 10.2 Å². The Kier molecular flexibility index (Phi) is 10.8. The van der Waals surface area contributed by atoms with Crippen LogP contribution in [0.3, 0.4) is 0 Å². The molecule has 1 saturated heterocycles. The molecule has 4 heteroatoms. The van der Waals surface area contributed by atoms with Crippen molar-refractivity contribution in [3.63, 3.8) is 0 Å². The number of nitrogens with zero attached hydrogens (tertiary/aromatic N) is 1. The largest absolute Gasteiger partial charge is 0.444 e. The lowest BCUT2D eigenvalue weighted by atomic mass is 10.0. The average Bonchev–Trinajstić information content (AvgIpc) is 2.63. The number of amides is 1. The highest BCUT2D eigenvalue weighted by Crippen LogP contribution is 2.15. The van der Waals surface area contributed by atoms with Crippen LogP contribution >= 0.6 is 0 Å². The van der Waals surface area contributed by atoms with Crippen molar-refractivity contribution in [2.75, 3.05) is 13.1 Å². The molecule has 0 radical (unpaired) electrons. The molecule has 0 saturated carbocycles. The summed E-state index contributed by atoms with van der Waals surface area (Å²) in [6, 6.07) is 10.9. The second kappa shape index (κ2) is 12.0. The number of rotatable bonds is 3. The number of piperidine rings is 1. The van der Waals surface area contributed by atoms with Gasteiger partial charge >= 0.3 is 6.09 Å². The maximum atomic E-state index is 12.0. The molecule has 1 aromatic rings. The van der Waals surface area contributed by atoms with Gasteiger partial charge in [-0.25, -0.2) is 4.79 Å². The molecular formula is C21H30N2O2. The molecule has 25 heavy (non-hydrogen) atoms. The Balaban J connectivity index is 0.00000134. The van der Waals surface area contributed by atoms with Crippen LogP contribution in [0.1, 0.15) is 39.2 Å². The molecule has 0 unspecified atom stereocenters. The van der Waals surface area contributed by atoms with Crippen molar-refractivity contribution >= 4 is 6.09 Å². The molecule has 0 atom stereocenters. The van der Waals surface area contributed by atoms with Gasteiger partial charge in [0, 0.05) is 25.7 Å². The third kappa shape index (κ3) is 9.45. The summed E-state index contributed by atoms with van der Waals surface area (Å²) in [4.78, 5) is 13.8. The van der Waals surface area contributed by atoms with E-state index < -0.39 is 5.60 Å². The molecule has 0 aromatic heterocycles. The van der Waals surface area contributed by atoms with Gasteiger partial charge in [-0.2, -0.15) is 0 Å². The minimum atomic E-state index is -0.417. The Hall–Kier alpha value is -2.43. The Labute approximate surface area is 152 Å². The lowest BCUT2D eigenvalue weighted by Crippen LogP contribution is -2.46. The maximum absolute atomic E-state index is 12.0. The number of ether oxygens (including phenoxy) is 1. The number of likely N-dealkylation sites (tertiary alicyclic amines) is 1. The highest BCUT2D eigenvalue weighted by Gasteiger charge is 2.26. The van der Waals surface area contributed by atoms with E-state index in [1.54, 1.807) is 0 Å². The second-order valence-corrected chi connectivity index (χ2v) is 6.61. The first kappa shape index (κ1) is 22.6. The fraction of sp³-hybridized carbons (Fsp3) is 0.476. The van der Waals surface area contributed by atoms with Crippen LogP contribution < -0.4 is 5.32 Å². The van der Waals surface area contributed by atoms with Gasteiger partial charge in [-0.1, -0.05) is 30.3 Å². The zero-order valence-corrected chi connectivity index (χ0v) is 15.6. The van der Waals surface area contributed by atoms with Gasteiger partial charge in [-0.05, 0) is 39.2 Å². The van der Waals surface area contributed by atoms with Crippen LogP contribution in [0.4, 0.5) is 4.79 Å². The zero-order valence-electron chi connectivity index (χ0n) is 15.6. The normalized spacial score (nSPS) is 14.3. The summed E-state index contributed by atoms with van der Waals surface area (Å²) in [7, 11) is 0. The molecule has 0 aliphatic carbocycles. The Morgan fingerprint density at radius 1 is 1.12 bits per heavy atom.